The second-order valence-electron chi connectivity index (χ2n) is 4.67. The average molecular weight is 204 g/mol. The van der Waals surface area contributed by atoms with Gasteiger partial charge in [-0.25, -0.2) is 0 Å². The van der Waals surface area contributed by atoms with E-state index in [0.29, 0.717) is 0 Å². The van der Waals surface area contributed by atoms with Crippen LogP contribution in [0.4, 0.5) is 0 Å². The number of hydrogen-bond acceptors (Lipinski definition) is 1. The molecule has 0 heterocycles. The SMILES string of the molecule is COc1ccc(C(C)(C)C=C(C)C)cc1. The fraction of sp³-hybridized carbons (Fsp3) is 0.429. The van der Waals surface area contributed by atoms with Gasteiger partial charge in [0.25, 0.3) is 0 Å². The Balaban J connectivity index is 3.00. The molecule has 0 spiro atoms. The topological polar surface area (TPSA) is 9.23 Å². The van der Waals surface area contributed by atoms with Crippen molar-refractivity contribution in [1.29, 1.82) is 0 Å². The summed E-state index contributed by atoms with van der Waals surface area (Å²) in [4.78, 5) is 0. The molecule has 1 rings (SSSR count). The number of ether oxygens (including phenoxy) is 1. The molecule has 0 aromatic heterocycles. The summed E-state index contributed by atoms with van der Waals surface area (Å²) >= 11 is 0. The van der Waals surface area contributed by atoms with E-state index in [1.165, 1.54) is 11.1 Å². The molecule has 1 aromatic rings. The minimum atomic E-state index is 0.0884. The molecule has 0 N–H and O–H groups in total. The predicted molar refractivity (Wildman–Crippen MR) is 65.5 cm³/mol. The molecule has 0 aliphatic heterocycles. The largest absolute Gasteiger partial charge is 0.497 e. The lowest BCUT2D eigenvalue weighted by molar-refractivity contribution is 0.414. The third-order valence-corrected chi connectivity index (χ3v) is 2.48. The summed E-state index contributed by atoms with van der Waals surface area (Å²) < 4.78 is 5.15. The molecule has 0 radical (unpaired) electrons. The molecule has 0 unspecified atom stereocenters. The van der Waals surface area contributed by atoms with Crippen LogP contribution in [0.15, 0.2) is 35.9 Å². The van der Waals surface area contributed by atoms with Gasteiger partial charge in [-0.3, -0.25) is 0 Å². The minimum absolute atomic E-state index is 0.0884. The van der Waals surface area contributed by atoms with Gasteiger partial charge in [-0.1, -0.05) is 37.6 Å². The summed E-state index contributed by atoms with van der Waals surface area (Å²) in [5.74, 6) is 0.909. The molecule has 1 nitrogen and oxygen atoms in total. The molecule has 15 heavy (non-hydrogen) atoms. The van der Waals surface area contributed by atoms with Gasteiger partial charge in [-0.2, -0.15) is 0 Å². The third kappa shape index (κ3) is 3.12. The summed E-state index contributed by atoms with van der Waals surface area (Å²) in [7, 11) is 1.69. The zero-order chi connectivity index (χ0) is 11.5. The number of methoxy groups -OCH3 is 1. The standard InChI is InChI=1S/C14H20O/c1-11(2)10-14(3,4)12-6-8-13(15-5)9-7-12/h6-10H,1-5H3. The van der Waals surface area contributed by atoms with Crippen molar-refractivity contribution in [3.05, 3.63) is 41.5 Å². The Kier molecular flexibility index (Phi) is 3.57. The van der Waals surface area contributed by atoms with Crippen molar-refractivity contribution in [3.63, 3.8) is 0 Å². The molecule has 1 aromatic carbocycles. The maximum Gasteiger partial charge on any atom is 0.118 e. The van der Waals surface area contributed by atoms with E-state index >= 15 is 0 Å². The highest BCUT2D eigenvalue weighted by Gasteiger charge is 2.16. The van der Waals surface area contributed by atoms with Crippen molar-refractivity contribution in [2.24, 2.45) is 0 Å². The fourth-order valence-corrected chi connectivity index (χ4v) is 1.83. The maximum absolute atomic E-state index is 5.15. The Morgan fingerprint density at radius 1 is 1.13 bits per heavy atom. The molecule has 0 amide bonds. The van der Waals surface area contributed by atoms with Gasteiger partial charge in [-0.15, -0.1) is 0 Å². The van der Waals surface area contributed by atoms with Gasteiger partial charge in [0.05, 0.1) is 7.11 Å². The molecule has 0 aliphatic rings. The van der Waals surface area contributed by atoms with E-state index in [4.69, 9.17) is 4.74 Å². The van der Waals surface area contributed by atoms with Crippen LogP contribution in [-0.2, 0) is 5.41 Å². The quantitative estimate of drug-likeness (QED) is 0.678. The summed E-state index contributed by atoms with van der Waals surface area (Å²) in [6, 6.07) is 8.27. The summed E-state index contributed by atoms with van der Waals surface area (Å²) in [6.45, 7) is 8.71. The van der Waals surface area contributed by atoms with Crippen molar-refractivity contribution in [3.8, 4) is 5.75 Å². The summed E-state index contributed by atoms with van der Waals surface area (Å²) in [5, 5.41) is 0. The van der Waals surface area contributed by atoms with Gasteiger partial charge in [0.2, 0.25) is 0 Å². The smallest absolute Gasteiger partial charge is 0.118 e. The van der Waals surface area contributed by atoms with Gasteiger partial charge >= 0.3 is 0 Å². The van der Waals surface area contributed by atoms with Crippen LogP contribution in [0.1, 0.15) is 33.3 Å². The number of hydrogen-bond donors (Lipinski definition) is 0. The van der Waals surface area contributed by atoms with Crippen LogP contribution in [0.5, 0.6) is 5.75 Å². The number of rotatable bonds is 3. The Morgan fingerprint density at radius 2 is 1.67 bits per heavy atom. The molecule has 82 valence electrons. The van der Waals surface area contributed by atoms with Crippen molar-refractivity contribution in [1.82, 2.24) is 0 Å². The minimum Gasteiger partial charge on any atom is -0.497 e. The second-order valence-corrected chi connectivity index (χ2v) is 4.67. The van der Waals surface area contributed by atoms with E-state index in [-0.39, 0.29) is 5.41 Å². The van der Waals surface area contributed by atoms with Crippen molar-refractivity contribution < 1.29 is 4.74 Å². The third-order valence-electron chi connectivity index (χ3n) is 2.48. The van der Waals surface area contributed by atoms with E-state index < -0.39 is 0 Å². The lowest BCUT2D eigenvalue weighted by Crippen LogP contribution is -2.13. The van der Waals surface area contributed by atoms with Crippen LogP contribution in [0, 0.1) is 0 Å². The van der Waals surface area contributed by atoms with Crippen LogP contribution in [0.3, 0.4) is 0 Å². The Morgan fingerprint density at radius 3 is 2.07 bits per heavy atom. The van der Waals surface area contributed by atoms with E-state index in [1.54, 1.807) is 7.11 Å². The lowest BCUT2D eigenvalue weighted by Gasteiger charge is -2.22. The molecule has 0 aliphatic carbocycles. The molecule has 0 saturated carbocycles. The first-order chi connectivity index (χ1) is 6.95. The van der Waals surface area contributed by atoms with Crippen LogP contribution in [0.25, 0.3) is 0 Å². The van der Waals surface area contributed by atoms with Crippen LogP contribution in [-0.4, -0.2) is 7.11 Å². The van der Waals surface area contributed by atoms with Gasteiger partial charge in [-0.05, 0) is 31.5 Å². The summed E-state index contributed by atoms with van der Waals surface area (Å²) in [5.41, 5.74) is 2.74. The molecule has 0 atom stereocenters. The Labute approximate surface area is 92.8 Å². The van der Waals surface area contributed by atoms with E-state index in [1.807, 2.05) is 12.1 Å². The molecular weight excluding hydrogens is 184 g/mol. The van der Waals surface area contributed by atoms with Gasteiger partial charge in [0.1, 0.15) is 5.75 Å². The lowest BCUT2D eigenvalue weighted by atomic mass is 9.83. The molecule has 1 heteroatoms. The average Bonchev–Trinajstić information content (AvgIpc) is 2.16. The first kappa shape index (κ1) is 11.8. The maximum atomic E-state index is 5.15. The monoisotopic (exact) mass is 204 g/mol. The summed E-state index contributed by atoms with van der Waals surface area (Å²) in [6.07, 6.45) is 2.29. The molecule has 0 saturated heterocycles. The highest BCUT2D eigenvalue weighted by atomic mass is 16.5. The zero-order valence-electron chi connectivity index (χ0n) is 10.3. The van der Waals surface area contributed by atoms with Crippen molar-refractivity contribution in [2.45, 2.75) is 33.1 Å². The normalized spacial score (nSPS) is 11.0. The first-order valence-electron chi connectivity index (χ1n) is 5.26. The molecule has 0 fully saturated rings. The van der Waals surface area contributed by atoms with Crippen LogP contribution < -0.4 is 4.74 Å². The van der Waals surface area contributed by atoms with E-state index in [9.17, 15) is 0 Å². The van der Waals surface area contributed by atoms with Gasteiger partial charge < -0.3 is 4.74 Å². The Hall–Kier alpha value is -1.24. The predicted octanol–water partition coefficient (Wildman–Crippen LogP) is 3.94. The Bertz CT molecular complexity index is 340. The fourth-order valence-electron chi connectivity index (χ4n) is 1.83. The highest BCUT2D eigenvalue weighted by Crippen LogP contribution is 2.27. The van der Waals surface area contributed by atoms with E-state index in [0.717, 1.165) is 5.75 Å². The van der Waals surface area contributed by atoms with Crippen molar-refractivity contribution in [2.75, 3.05) is 7.11 Å². The van der Waals surface area contributed by atoms with E-state index in [2.05, 4.69) is 45.9 Å². The second kappa shape index (κ2) is 4.52. The van der Waals surface area contributed by atoms with Gasteiger partial charge in [0, 0.05) is 5.41 Å². The number of allylic oxidation sites excluding steroid dienone is 2. The highest BCUT2D eigenvalue weighted by molar-refractivity contribution is 5.34. The van der Waals surface area contributed by atoms with Crippen LogP contribution >= 0.6 is 0 Å². The van der Waals surface area contributed by atoms with Crippen molar-refractivity contribution >= 4 is 0 Å². The zero-order valence-corrected chi connectivity index (χ0v) is 10.3. The van der Waals surface area contributed by atoms with Gasteiger partial charge in [0.15, 0.2) is 0 Å². The van der Waals surface area contributed by atoms with Crippen LogP contribution in [0.2, 0.25) is 0 Å². The number of benzene rings is 1. The molecular formula is C14H20O. The molecule has 0 bridgehead atoms. The first-order valence-corrected chi connectivity index (χ1v) is 5.26.